The maximum atomic E-state index is 11.2. The van der Waals surface area contributed by atoms with E-state index in [1.54, 1.807) is 13.1 Å². The van der Waals surface area contributed by atoms with E-state index in [-0.39, 0.29) is 5.97 Å². The standard InChI is InChI=1S/C9H14BrNO3/c1-2-14-9(12)8(10)7-11-3-5-13-6-4-11/h7H,2-6H2,1H3/b8-7-. The third-order valence-corrected chi connectivity index (χ3v) is 2.34. The number of hydrogen-bond donors (Lipinski definition) is 0. The monoisotopic (exact) mass is 263 g/mol. The fraction of sp³-hybridized carbons (Fsp3) is 0.667. The summed E-state index contributed by atoms with van der Waals surface area (Å²) in [6.07, 6.45) is 1.76. The molecular formula is C9H14BrNO3. The molecule has 1 fully saturated rings. The van der Waals surface area contributed by atoms with Crippen molar-refractivity contribution in [3.8, 4) is 0 Å². The van der Waals surface area contributed by atoms with Crippen molar-refractivity contribution in [2.75, 3.05) is 32.9 Å². The Morgan fingerprint density at radius 1 is 1.57 bits per heavy atom. The lowest BCUT2D eigenvalue weighted by molar-refractivity contribution is -0.137. The summed E-state index contributed by atoms with van der Waals surface area (Å²) in [6, 6.07) is 0. The summed E-state index contributed by atoms with van der Waals surface area (Å²) in [5.74, 6) is -0.320. The molecule has 1 saturated heterocycles. The Balaban J connectivity index is 2.44. The molecule has 0 amide bonds. The van der Waals surface area contributed by atoms with Gasteiger partial charge in [-0.1, -0.05) is 0 Å². The molecule has 0 unspecified atom stereocenters. The Morgan fingerprint density at radius 2 is 2.21 bits per heavy atom. The zero-order chi connectivity index (χ0) is 10.4. The van der Waals surface area contributed by atoms with Crippen LogP contribution in [0.3, 0.4) is 0 Å². The van der Waals surface area contributed by atoms with E-state index in [1.807, 2.05) is 4.90 Å². The van der Waals surface area contributed by atoms with E-state index in [4.69, 9.17) is 9.47 Å². The van der Waals surface area contributed by atoms with Crippen LogP contribution in [-0.4, -0.2) is 43.8 Å². The molecule has 0 bridgehead atoms. The number of morpholine rings is 1. The summed E-state index contributed by atoms with van der Waals surface area (Å²) in [6.45, 7) is 5.22. The van der Waals surface area contributed by atoms with E-state index in [9.17, 15) is 4.79 Å². The molecule has 80 valence electrons. The highest BCUT2D eigenvalue weighted by Gasteiger charge is 2.11. The molecule has 0 spiro atoms. The fourth-order valence-electron chi connectivity index (χ4n) is 1.12. The second-order valence-electron chi connectivity index (χ2n) is 2.85. The number of nitrogens with zero attached hydrogens (tertiary/aromatic N) is 1. The first-order chi connectivity index (χ1) is 6.74. The number of rotatable bonds is 3. The highest BCUT2D eigenvalue weighted by Crippen LogP contribution is 2.10. The van der Waals surface area contributed by atoms with Crippen molar-refractivity contribution in [3.05, 3.63) is 10.7 Å². The number of ether oxygens (including phenoxy) is 2. The largest absolute Gasteiger partial charge is 0.462 e. The summed E-state index contributed by atoms with van der Waals surface area (Å²) in [7, 11) is 0. The van der Waals surface area contributed by atoms with Crippen LogP contribution in [0.4, 0.5) is 0 Å². The molecule has 1 rings (SSSR count). The number of carbonyl (C=O) groups is 1. The van der Waals surface area contributed by atoms with Gasteiger partial charge in [-0.3, -0.25) is 0 Å². The zero-order valence-electron chi connectivity index (χ0n) is 8.16. The minimum absolute atomic E-state index is 0.320. The van der Waals surface area contributed by atoms with E-state index in [1.165, 1.54) is 0 Å². The van der Waals surface area contributed by atoms with E-state index in [2.05, 4.69) is 15.9 Å². The predicted molar refractivity (Wildman–Crippen MR) is 56.0 cm³/mol. The van der Waals surface area contributed by atoms with Crippen LogP contribution in [0.15, 0.2) is 10.7 Å². The molecule has 14 heavy (non-hydrogen) atoms. The van der Waals surface area contributed by atoms with Gasteiger partial charge in [0.05, 0.1) is 19.8 Å². The maximum Gasteiger partial charge on any atom is 0.346 e. The molecular weight excluding hydrogens is 250 g/mol. The summed E-state index contributed by atoms with van der Waals surface area (Å²) in [4.78, 5) is 13.3. The molecule has 0 aromatic carbocycles. The number of esters is 1. The van der Waals surface area contributed by atoms with Gasteiger partial charge in [0.15, 0.2) is 0 Å². The van der Waals surface area contributed by atoms with Crippen molar-refractivity contribution < 1.29 is 14.3 Å². The van der Waals surface area contributed by atoms with Gasteiger partial charge in [-0.25, -0.2) is 4.79 Å². The van der Waals surface area contributed by atoms with Crippen LogP contribution in [0, 0.1) is 0 Å². The van der Waals surface area contributed by atoms with E-state index >= 15 is 0 Å². The lowest BCUT2D eigenvalue weighted by Gasteiger charge is -2.25. The molecule has 0 aliphatic carbocycles. The highest BCUT2D eigenvalue weighted by atomic mass is 79.9. The lowest BCUT2D eigenvalue weighted by Crippen LogP contribution is -2.32. The smallest absolute Gasteiger partial charge is 0.346 e. The molecule has 1 heterocycles. The summed E-state index contributed by atoms with van der Waals surface area (Å²) < 4.78 is 10.5. The van der Waals surface area contributed by atoms with Gasteiger partial charge in [-0.05, 0) is 22.9 Å². The number of hydrogen-bond acceptors (Lipinski definition) is 4. The van der Waals surface area contributed by atoms with Crippen molar-refractivity contribution in [3.63, 3.8) is 0 Å². The van der Waals surface area contributed by atoms with Crippen molar-refractivity contribution in [2.45, 2.75) is 6.92 Å². The third-order valence-electron chi connectivity index (χ3n) is 1.81. The van der Waals surface area contributed by atoms with Crippen LogP contribution in [-0.2, 0) is 14.3 Å². The van der Waals surface area contributed by atoms with Gasteiger partial charge in [0.25, 0.3) is 0 Å². The Bertz CT molecular complexity index is 224. The number of carbonyl (C=O) groups excluding carboxylic acids is 1. The molecule has 1 aliphatic heterocycles. The first-order valence-corrected chi connectivity index (χ1v) is 5.39. The minimum Gasteiger partial charge on any atom is -0.462 e. The van der Waals surface area contributed by atoms with Gasteiger partial charge >= 0.3 is 5.97 Å². The molecule has 0 aromatic rings. The second kappa shape index (κ2) is 6.03. The first kappa shape index (κ1) is 11.5. The molecule has 0 saturated carbocycles. The molecule has 5 heteroatoms. The van der Waals surface area contributed by atoms with Gasteiger partial charge in [0.2, 0.25) is 0 Å². The average Bonchev–Trinajstić information content (AvgIpc) is 2.19. The molecule has 1 aliphatic rings. The first-order valence-electron chi connectivity index (χ1n) is 4.60. The Hall–Kier alpha value is -0.550. The average molecular weight is 264 g/mol. The van der Waals surface area contributed by atoms with Crippen molar-refractivity contribution in [1.82, 2.24) is 4.90 Å². The number of halogens is 1. The summed E-state index contributed by atoms with van der Waals surface area (Å²) in [5.41, 5.74) is 0. The molecule has 4 nitrogen and oxygen atoms in total. The van der Waals surface area contributed by atoms with Gasteiger partial charge in [-0.2, -0.15) is 0 Å². The molecule has 0 radical (unpaired) electrons. The van der Waals surface area contributed by atoms with E-state index < -0.39 is 0 Å². The maximum absolute atomic E-state index is 11.2. The Morgan fingerprint density at radius 3 is 2.79 bits per heavy atom. The Kier molecular flexibility index (Phi) is 4.97. The SMILES string of the molecule is CCOC(=O)/C(Br)=C/N1CCOCC1. The van der Waals surface area contributed by atoms with Crippen LogP contribution in [0.2, 0.25) is 0 Å². The molecule has 0 N–H and O–H groups in total. The van der Waals surface area contributed by atoms with E-state index in [0.717, 1.165) is 13.1 Å². The highest BCUT2D eigenvalue weighted by molar-refractivity contribution is 9.12. The summed E-state index contributed by atoms with van der Waals surface area (Å²) >= 11 is 3.18. The third kappa shape index (κ3) is 3.67. The van der Waals surface area contributed by atoms with Crippen molar-refractivity contribution >= 4 is 21.9 Å². The van der Waals surface area contributed by atoms with Crippen LogP contribution in [0.5, 0.6) is 0 Å². The molecule has 0 aromatic heterocycles. The molecule has 0 atom stereocenters. The van der Waals surface area contributed by atoms with Crippen LogP contribution in [0.25, 0.3) is 0 Å². The van der Waals surface area contributed by atoms with Crippen LogP contribution < -0.4 is 0 Å². The lowest BCUT2D eigenvalue weighted by atomic mass is 10.4. The Labute approximate surface area is 92.0 Å². The van der Waals surface area contributed by atoms with E-state index in [0.29, 0.717) is 24.3 Å². The second-order valence-corrected chi connectivity index (χ2v) is 3.70. The van der Waals surface area contributed by atoms with Crippen LogP contribution >= 0.6 is 15.9 Å². The van der Waals surface area contributed by atoms with Gasteiger partial charge in [0.1, 0.15) is 4.48 Å². The van der Waals surface area contributed by atoms with Gasteiger partial charge in [0, 0.05) is 19.3 Å². The van der Waals surface area contributed by atoms with Gasteiger partial charge in [-0.15, -0.1) is 0 Å². The van der Waals surface area contributed by atoms with Crippen molar-refractivity contribution in [2.24, 2.45) is 0 Å². The topological polar surface area (TPSA) is 38.8 Å². The fourth-order valence-corrected chi connectivity index (χ4v) is 1.52. The minimum atomic E-state index is -0.320. The summed E-state index contributed by atoms with van der Waals surface area (Å²) in [5, 5.41) is 0. The normalized spacial score (nSPS) is 18.1. The van der Waals surface area contributed by atoms with Crippen molar-refractivity contribution in [1.29, 1.82) is 0 Å². The van der Waals surface area contributed by atoms with Crippen LogP contribution in [0.1, 0.15) is 6.92 Å². The van der Waals surface area contributed by atoms with Gasteiger partial charge < -0.3 is 14.4 Å². The predicted octanol–water partition coefficient (Wildman–Crippen LogP) is 1.12. The quantitative estimate of drug-likeness (QED) is 0.565. The zero-order valence-corrected chi connectivity index (χ0v) is 9.75.